The molecule has 2 heterocycles. The number of nitrogens with zero attached hydrogens (tertiary/aromatic N) is 2. The summed E-state index contributed by atoms with van der Waals surface area (Å²) in [5, 5.41) is 6.42. The fraction of sp³-hybridized carbons (Fsp3) is 0.438. The number of nitrogens with one attached hydrogen (secondary N) is 1. The average molecular weight is 305 g/mol. The van der Waals surface area contributed by atoms with E-state index in [1.165, 1.54) is 38.1 Å². The van der Waals surface area contributed by atoms with Crippen molar-refractivity contribution in [1.29, 1.82) is 0 Å². The first-order chi connectivity index (χ1) is 10.2. The van der Waals surface area contributed by atoms with Crippen molar-refractivity contribution >= 4 is 16.5 Å². The minimum absolute atomic E-state index is 0.213. The molecule has 0 saturated carbocycles. The summed E-state index contributed by atoms with van der Waals surface area (Å²) in [4.78, 5) is 6.97. The van der Waals surface area contributed by atoms with E-state index >= 15 is 0 Å². The molecule has 1 aromatic carbocycles. The van der Waals surface area contributed by atoms with Crippen molar-refractivity contribution in [3.8, 4) is 11.3 Å². The molecule has 3 nitrogen and oxygen atoms in total. The molecule has 3 rings (SSSR count). The molecule has 0 atom stereocenters. The number of halogens is 1. The maximum absolute atomic E-state index is 12.9. The molecule has 0 radical (unpaired) electrons. The van der Waals surface area contributed by atoms with Gasteiger partial charge in [-0.15, -0.1) is 11.3 Å². The molecule has 1 aliphatic heterocycles. The highest BCUT2D eigenvalue weighted by Gasteiger charge is 2.16. The van der Waals surface area contributed by atoms with Crippen LogP contribution in [-0.4, -0.2) is 36.6 Å². The molecular weight excluding hydrogens is 285 g/mol. The highest BCUT2D eigenvalue weighted by Crippen LogP contribution is 2.26. The van der Waals surface area contributed by atoms with Crippen LogP contribution >= 0.6 is 11.3 Å². The normalized spacial score (nSPS) is 17.0. The van der Waals surface area contributed by atoms with Crippen LogP contribution in [0.15, 0.2) is 29.6 Å². The van der Waals surface area contributed by atoms with Crippen LogP contribution in [0.2, 0.25) is 0 Å². The lowest BCUT2D eigenvalue weighted by Gasteiger charge is -2.28. The van der Waals surface area contributed by atoms with E-state index in [0.717, 1.165) is 28.9 Å². The zero-order valence-corrected chi connectivity index (χ0v) is 13.0. The maximum atomic E-state index is 12.9. The van der Waals surface area contributed by atoms with Crippen molar-refractivity contribution in [1.82, 2.24) is 9.88 Å². The Morgan fingerprint density at radius 2 is 2.00 bits per heavy atom. The Bertz CT molecular complexity index is 573. The lowest BCUT2D eigenvalue weighted by Crippen LogP contribution is -2.32. The second-order valence-corrected chi connectivity index (χ2v) is 6.53. The molecule has 1 fully saturated rings. The maximum Gasteiger partial charge on any atom is 0.183 e. The van der Waals surface area contributed by atoms with Crippen LogP contribution < -0.4 is 5.32 Å². The standard InChI is InChI=1S/C16H20FN3S/c1-20-8-6-12(7-9-20)10-18-16-19-15(11-21-16)13-2-4-14(17)5-3-13/h2-5,11-12H,6-10H2,1H3,(H,18,19). The summed E-state index contributed by atoms with van der Waals surface area (Å²) in [7, 11) is 2.18. The van der Waals surface area contributed by atoms with Gasteiger partial charge in [-0.05, 0) is 63.2 Å². The van der Waals surface area contributed by atoms with Crippen molar-refractivity contribution < 1.29 is 4.39 Å². The molecule has 0 amide bonds. The van der Waals surface area contributed by atoms with E-state index in [2.05, 4.69) is 22.2 Å². The van der Waals surface area contributed by atoms with Gasteiger partial charge in [0.2, 0.25) is 0 Å². The van der Waals surface area contributed by atoms with Gasteiger partial charge in [0.15, 0.2) is 5.13 Å². The van der Waals surface area contributed by atoms with Gasteiger partial charge in [0.25, 0.3) is 0 Å². The van der Waals surface area contributed by atoms with Crippen molar-refractivity contribution in [2.45, 2.75) is 12.8 Å². The summed E-state index contributed by atoms with van der Waals surface area (Å²) in [5.74, 6) is 0.522. The number of hydrogen-bond donors (Lipinski definition) is 1. The molecular formula is C16H20FN3S. The molecule has 1 N–H and O–H groups in total. The van der Waals surface area contributed by atoms with Crippen molar-refractivity contribution in [3.63, 3.8) is 0 Å². The summed E-state index contributed by atoms with van der Waals surface area (Å²) >= 11 is 1.61. The van der Waals surface area contributed by atoms with E-state index in [4.69, 9.17) is 0 Å². The van der Waals surface area contributed by atoms with Crippen LogP contribution in [0.3, 0.4) is 0 Å². The molecule has 1 saturated heterocycles. The zero-order valence-electron chi connectivity index (χ0n) is 12.2. The van der Waals surface area contributed by atoms with Gasteiger partial charge < -0.3 is 10.2 Å². The molecule has 112 valence electrons. The summed E-state index contributed by atoms with van der Waals surface area (Å²) in [6, 6.07) is 6.48. The number of piperidine rings is 1. The van der Waals surface area contributed by atoms with E-state index < -0.39 is 0 Å². The smallest absolute Gasteiger partial charge is 0.183 e. The Hall–Kier alpha value is -1.46. The van der Waals surface area contributed by atoms with Crippen molar-refractivity contribution in [3.05, 3.63) is 35.5 Å². The number of rotatable bonds is 4. The highest BCUT2D eigenvalue weighted by molar-refractivity contribution is 7.14. The van der Waals surface area contributed by atoms with E-state index in [0.29, 0.717) is 0 Å². The van der Waals surface area contributed by atoms with Gasteiger partial charge in [0.05, 0.1) is 5.69 Å². The minimum atomic E-state index is -0.213. The number of thiazole rings is 1. The first-order valence-electron chi connectivity index (χ1n) is 7.34. The fourth-order valence-electron chi connectivity index (χ4n) is 2.61. The molecule has 0 aliphatic carbocycles. The van der Waals surface area contributed by atoms with Gasteiger partial charge in [0.1, 0.15) is 5.82 Å². The first-order valence-corrected chi connectivity index (χ1v) is 8.22. The molecule has 0 bridgehead atoms. The molecule has 0 spiro atoms. The largest absolute Gasteiger partial charge is 0.361 e. The van der Waals surface area contributed by atoms with E-state index in [9.17, 15) is 4.39 Å². The SMILES string of the molecule is CN1CCC(CNc2nc(-c3ccc(F)cc3)cs2)CC1. The highest BCUT2D eigenvalue weighted by atomic mass is 32.1. The van der Waals surface area contributed by atoms with Gasteiger partial charge in [-0.1, -0.05) is 0 Å². The molecule has 0 unspecified atom stereocenters. The van der Waals surface area contributed by atoms with Crippen LogP contribution in [0, 0.1) is 11.7 Å². The molecule has 2 aromatic rings. The van der Waals surface area contributed by atoms with Gasteiger partial charge >= 0.3 is 0 Å². The number of anilines is 1. The predicted molar refractivity (Wildman–Crippen MR) is 86.2 cm³/mol. The van der Waals surface area contributed by atoms with Crippen LogP contribution in [-0.2, 0) is 0 Å². The Morgan fingerprint density at radius 3 is 2.71 bits per heavy atom. The summed E-state index contributed by atoms with van der Waals surface area (Å²) in [5.41, 5.74) is 1.87. The second kappa shape index (κ2) is 6.54. The van der Waals surface area contributed by atoms with Gasteiger partial charge in [0, 0.05) is 17.5 Å². The monoisotopic (exact) mass is 305 g/mol. The molecule has 21 heavy (non-hydrogen) atoms. The van der Waals surface area contributed by atoms with Crippen LogP contribution in [0.5, 0.6) is 0 Å². The predicted octanol–water partition coefficient (Wildman–Crippen LogP) is 3.70. The first kappa shape index (κ1) is 14.5. The van der Waals surface area contributed by atoms with Crippen molar-refractivity contribution in [2.75, 3.05) is 32.0 Å². The average Bonchev–Trinajstić information content (AvgIpc) is 2.96. The summed E-state index contributed by atoms with van der Waals surface area (Å²) < 4.78 is 12.9. The fourth-order valence-corrected chi connectivity index (χ4v) is 3.34. The van der Waals surface area contributed by atoms with Crippen LogP contribution in [0.1, 0.15) is 12.8 Å². The quantitative estimate of drug-likeness (QED) is 0.933. The molecule has 1 aromatic heterocycles. The van der Waals surface area contributed by atoms with Gasteiger partial charge in [-0.3, -0.25) is 0 Å². The minimum Gasteiger partial charge on any atom is -0.361 e. The number of likely N-dealkylation sites (tertiary alicyclic amines) is 1. The van der Waals surface area contributed by atoms with Gasteiger partial charge in [-0.2, -0.15) is 0 Å². The third kappa shape index (κ3) is 3.80. The Labute approximate surface area is 128 Å². The number of benzene rings is 1. The lowest BCUT2D eigenvalue weighted by atomic mass is 9.97. The third-order valence-electron chi connectivity index (χ3n) is 4.02. The lowest BCUT2D eigenvalue weighted by molar-refractivity contribution is 0.226. The second-order valence-electron chi connectivity index (χ2n) is 5.67. The summed E-state index contributed by atoms with van der Waals surface area (Å²) in [6.07, 6.45) is 2.50. The van der Waals surface area contributed by atoms with Crippen LogP contribution in [0.4, 0.5) is 9.52 Å². The third-order valence-corrected chi connectivity index (χ3v) is 4.82. The van der Waals surface area contributed by atoms with Crippen molar-refractivity contribution in [2.24, 2.45) is 5.92 Å². The molecule has 5 heteroatoms. The summed E-state index contributed by atoms with van der Waals surface area (Å²) in [6.45, 7) is 3.36. The van der Waals surface area contributed by atoms with E-state index in [-0.39, 0.29) is 5.82 Å². The van der Waals surface area contributed by atoms with E-state index in [1.807, 2.05) is 5.38 Å². The number of aromatic nitrogens is 1. The Morgan fingerprint density at radius 1 is 1.29 bits per heavy atom. The Balaban J connectivity index is 1.56. The number of hydrogen-bond acceptors (Lipinski definition) is 4. The van der Waals surface area contributed by atoms with Crippen LogP contribution in [0.25, 0.3) is 11.3 Å². The zero-order chi connectivity index (χ0) is 14.7. The Kier molecular flexibility index (Phi) is 4.51. The molecule has 1 aliphatic rings. The van der Waals surface area contributed by atoms with Gasteiger partial charge in [-0.25, -0.2) is 9.37 Å². The van der Waals surface area contributed by atoms with E-state index in [1.54, 1.807) is 23.5 Å². The topological polar surface area (TPSA) is 28.2 Å².